The van der Waals surface area contributed by atoms with E-state index in [1.807, 2.05) is 40.2 Å². The van der Waals surface area contributed by atoms with Crippen molar-refractivity contribution >= 4 is 13.8 Å². The summed E-state index contributed by atoms with van der Waals surface area (Å²) in [5, 5.41) is 30.1. The number of esters is 1. The Hall–Kier alpha value is -2.18. The zero-order valence-electron chi connectivity index (χ0n) is 36.8. The molecular weight excluding hydrogens is 757 g/mol. The van der Waals surface area contributed by atoms with Gasteiger partial charge in [0, 0.05) is 13.0 Å². The number of carbonyl (C=O) groups excluding carboxylic acids is 1. The largest absolute Gasteiger partial charge is 0.756 e. The molecule has 0 bridgehead atoms. The molecule has 0 heterocycles. The lowest BCUT2D eigenvalue weighted by Gasteiger charge is -2.28. The number of allylic oxidation sites excluding steroid dienone is 8. The molecule has 12 heteroatoms. The first kappa shape index (κ1) is 55.8. The van der Waals surface area contributed by atoms with Gasteiger partial charge in [-0.15, -0.1) is 0 Å². The Morgan fingerprint density at radius 3 is 1.81 bits per heavy atom. The highest BCUT2D eigenvalue weighted by atomic mass is 31.2. The van der Waals surface area contributed by atoms with Gasteiger partial charge in [-0.2, -0.15) is 0 Å². The third-order valence-electron chi connectivity index (χ3n) is 9.10. The molecule has 58 heavy (non-hydrogen) atoms. The van der Waals surface area contributed by atoms with E-state index in [4.69, 9.17) is 18.5 Å². The summed E-state index contributed by atoms with van der Waals surface area (Å²) in [5.74, 6) is -0.506. The summed E-state index contributed by atoms with van der Waals surface area (Å²) in [6, 6.07) is 0. The maximum atomic E-state index is 12.7. The number of nitrogens with zero attached hydrogens (tertiary/aromatic N) is 1. The van der Waals surface area contributed by atoms with Crippen LogP contribution in [0.1, 0.15) is 136 Å². The maximum absolute atomic E-state index is 12.7. The molecule has 3 N–H and O–H groups in total. The van der Waals surface area contributed by atoms with Crippen LogP contribution in [0.3, 0.4) is 0 Å². The van der Waals surface area contributed by atoms with Crippen molar-refractivity contribution in [3.05, 3.63) is 72.9 Å². The molecule has 0 aromatic rings. The van der Waals surface area contributed by atoms with Crippen LogP contribution in [0.25, 0.3) is 0 Å². The lowest BCUT2D eigenvalue weighted by atomic mass is 10.0. The molecular formula is C46H82NO10P. The third-order valence-corrected chi connectivity index (χ3v) is 10.1. The number of unbranched alkanes of at least 4 members (excludes halogenated alkanes) is 13. The quantitative estimate of drug-likeness (QED) is 0.0136. The molecule has 0 saturated carbocycles. The average molecular weight is 840 g/mol. The summed E-state index contributed by atoms with van der Waals surface area (Å²) in [6.45, 7) is 4.82. The third kappa shape index (κ3) is 39.3. The van der Waals surface area contributed by atoms with Crippen molar-refractivity contribution in [1.82, 2.24) is 0 Å². The van der Waals surface area contributed by atoms with E-state index in [9.17, 15) is 29.6 Å². The lowest BCUT2D eigenvalue weighted by molar-refractivity contribution is -0.870. The van der Waals surface area contributed by atoms with Crippen molar-refractivity contribution in [2.75, 3.05) is 54.1 Å². The van der Waals surface area contributed by atoms with E-state index < -0.39 is 44.8 Å². The molecule has 0 fully saturated rings. The first-order valence-electron chi connectivity index (χ1n) is 22.0. The average Bonchev–Trinajstić information content (AvgIpc) is 3.16. The normalized spacial score (nSPS) is 16.1. The van der Waals surface area contributed by atoms with Gasteiger partial charge in [-0.3, -0.25) is 9.36 Å². The summed E-state index contributed by atoms with van der Waals surface area (Å²) in [5.41, 5.74) is 0. The molecule has 0 saturated heterocycles. The van der Waals surface area contributed by atoms with Crippen molar-refractivity contribution in [2.24, 2.45) is 0 Å². The minimum Gasteiger partial charge on any atom is -0.756 e. The number of likely N-dealkylation sites (N-methyl/N-ethyl adjacent to an activating group) is 1. The molecule has 0 aromatic carbocycles. The van der Waals surface area contributed by atoms with Crippen molar-refractivity contribution in [3.63, 3.8) is 0 Å². The standard InChI is InChI=1S/C46H82NO10P/c1-6-8-10-11-12-13-14-15-16-17-18-21-24-31-38-54-40-43(41-56-58(52,53)55-39-37-47(3,4)5)57-46(51)36-30-25-28-33-42(48)32-27-22-19-20-23-29-35-45(50)44(49)34-26-9-7-2/h9,19-20,22-23,25-29,32,35,42-45,48-50H,6-8,10-18,21,24,30-31,33-34,36-41H2,1-5H3/b22-19+,23-20-,26-9-,28-25+,32-27+,35-29+. The molecule has 0 rings (SSSR count). The van der Waals surface area contributed by atoms with E-state index >= 15 is 0 Å². The van der Waals surface area contributed by atoms with Gasteiger partial charge in [-0.25, -0.2) is 0 Å². The zero-order valence-corrected chi connectivity index (χ0v) is 37.7. The Morgan fingerprint density at radius 1 is 0.672 bits per heavy atom. The van der Waals surface area contributed by atoms with Crippen molar-refractivity contribution in [3.8, 4) is 0 Å². The Kier molecular flexibility index (Phi) is 36.4. The fraction of sp³-hybridized carbons (Fsp3) is 0.717. The van der Waals surface area contributed by atoms with Gasteiger partial charge in [0.25, 0.3) is 7.82 Å². The van der Waals surface area contributed by atoms with Crippen LogP contribution in [0.5, 0.6) is 0 Å². The Balaban J connectivity index is 4.58. The molecule has 0 aliphatic carbocycles. The van der Waals surface area contributed by atoms with Crippen LogP contribution in [0.4, 0.5) is 0 Å². The van der Waals surface area contributed by atoms with Crippen LogP contribution in [0.2, 0.25) is 0 Å². The van der Waals surface area contributed by atoms with E-state index in [1.54, 1.807) is 54.7 Å². The topological polar surface area (TPSA) is 155 Å². The Bertz CT molecular complexity index is 1210. The fourth-order valence-corrected chi connectivity index (χ4v) is 6.27. The van der Waals surface area contributed by atoms with Crippen molar-refractivity contribution in [2.45, 2.75) is 160 Å². The summed E-state index contributed by atoms with van der Waals surface area (Å²) >= 11 is 0. The lowest BCUT2D eigenvalue weighted by Crippen LogP contribution is -2.37. The van der Waals surface area contributed by atoms with Crippen LogP contribution < -0.4 is 4.89 Å². The molecule has 0 spiro atoms. The molecule has 336 valence electrons. The first-order valence-corrected chi connectivity index (χ1v) is 23.5. The number of carbonyl (C=O) groups is 1. The minimum absolute atomic E-state index is 0.0167. The molecule has 0 aliphatic rings. The minimum atomic E-state index is -4.59. The number of phosphoric ester groups is 1. The Morgan fingerprint density at radius 2 is 1.22 bits per heavy atom. The summed E-state index contributed by atoms with van der Waals surface area (Å²) < 4.78 is 34.3. The summed E-state index contributed by atoms with van der Waals surface area (Å²) in [6.07, 6.45) is 37.4. The van der Waals surface area contributed by atoms with E-state index in [-0.39, 0.29) is 19.6 Å². The molecule has 0 aliphatic heterocycles. The number of ether oxygens (including phenoxy) is 2. The molecule has 0 radical (unpaired) electrons. The van der Waals surface area contributed by atoms with Gasteiger partial charge in [0.05, 0.1) is 52.7 Å². The monoisotopic (exact) mass is 840 g/mol. The first-order chi connectivity index (χ1) is 27.8. The molecule has 5 atom stereocenters. The predicted octanol–water partition coefficient (Wildman–Crippen LogP) is 8.99. The van der Waals surface area contributed by atoms with Gasteiger partial charge in [0.15, 0.2) is 0 Å². The van der Waals surface area contributed by atoms with Gasteiger partial charge in [0.1, 0.15) is 19.3 Å². The molecule has 5 unspecified atom stereocenters. The number of aliphatic hydroxyl groups excluding tert-OH is 3. The van der Waals surface area contributed by atoms with Gasteiger partial charge in [0.2, 0.25) is 0 Å². The number of hydrogen-bond acceptors (Lipinski definition) is 10. The van der Waals surface area contributed by atoms with Crippen LogP contribution in [-0.2, 0) is 27.9 Å². The number of rotatable bonds is 39. The summed E-state index contributed by atoms with van der Waals surface area (Å²) in [4.78, 5) is 25.0. The molecule has 11 nitrogen and oxygen atoms in total. The van der Waals surface area contributed by atoms with Gasteiger partial charge in [-0.05, 0) is 32.1 Å². The highest BCUT2D eigenvalue weighted by Gasteiger charge is 2.20. The van der Waals surface area contributed by atoms with Gasteiger partial charge < -0.3 is 43.2 Å². The van der Waals surface area contributed by atoms with Crippen LogP contribution >= 0.6 is 7.82 Å². The highest BCUT2D eigenvalue weighted by molar-refractivity contribution is 7.45. The van der Waals surface area contributed by atoms with Crippen molar-refractivity contribution in [1.29, 1.82) is 0 Å². The van der Waals surface area contributed by atoms with E-state index in [1.165, 1.54) is 76.7 Å². The Labute approximate surface area is 352 Å². The number of aliphatic hydroxyl groups is 3. The van der Waals surface area contributed by atoms with Crippen LogP contribution in [0.15, 0.2) is 72.9 Å². The second kappa shape index (κ2) is 37.8. The van der Waals surface area contributed by atoms with Crippen LogP contribution in [0, 0.1) is 0 Å². The second-order valence-corrected chi connectivity index (χ2v) is 17.3. The summed E-state index contributed by atoms with van der Waals surface area (Å²) in [7, 11) is 1.19. The predicted molar refractivity (Wildman–Crippen MR) is 235 cm³/mol. The van der Waals surface area contributed by atoms with Crippen LogP contribution in [-0.4, -0.2) is 104 Å². The number of quaternary nitrogens is 1. The van der Waals surface area contributed by atoms with E-state index in [0.29, 0.717) is 36.9 Å². The van der Waals surface area contributed by atoms with Gasteiger partial charge in [-0.1, -0.05) is 170 Å². The SMILES string of the molecule is CC/C=C\CC(O)C(O)/C=C/C=C\C=C\C=C\C(O)C/C=C/CCC(=O)OC(COCCCCCCCCCCCCCCCC)COP(=O)([O-])OCC[N+](C)(C)C. The van der Waals surface area contributed by atoms with E-state index in [2.05, 4.69) is 6.92 Å². The molecule has 0 aromatic heterocycles. The number of hydrogen-bond donors (Lipinski definition) is 3. The van der Waals surface area contributed by atoms with E-state index in [0.717, 1.165) is 25.7 Å². The fourth-order valence-electron chi connectivity index (χ4n) is 5.54. The second-order valence-electron chi connectivity index (χ2n) is 15.9. The molecule has 0 amide bonds. The smallest absolute Gasteiger partial charge is 0.306 e. The maximum Gasteiger partial charge on any atom is 0.306 e. The van der Waals surface area contributed by atoms with Crippen molar-refractivity contribution < 1.29 is 52.6 Å². The zero-order chi connectivity index (χ0) is 43.2. The number of phosphoric acid groups is 1. The van der Waals surface area contributed by atoms with Gasteiger partial charge >= 0.3 is 5.97 Å². The highest BCUT2D eigenvalue weighted by Crippen LogP contribution is 2.38.